The van der Waals surface area contributed by atoms with Gasteiger partial charge in [-0.05, 0) is 17.4 Å². The van der Waals surface area contributed by atoms with Crippen LogP contribution in [0.15, 0.2) is 35.7 Å². The van der Waals surface area contributed by atoms with Gasteiger partial charge in [0.05, 0.1) is 11.1 Å². The Kier molecular flexibility index (Phi) is 2.16. The zero-order chi connectivity index (χ0) is 11.7. The van der Waals surface area contributed by atoms with Crippen LogP contribution in [-0.2, 0) is 0 Å². The molecular weight excluding hydrogens is 216 g/mol. The van der Waals surface area contributed by atoms with Gasteiger partial charge in [-0.2, -0.15) is 0 Å². The Morgan fingerprint density at radius 2 is 2.00 bits per heavy atom. The summed E-state index contributed by atoms with van der Waals surface area (Å²) in [5.41, 5.74) is 0.293. The minimum absolute atomic E-state index is 0.0817. The van der Waals surface area contributed by atoms with Gasteiger partial charge in [0.25, 0.3) is 5.69 Å². The summed E-state index contributed by atoms with van der Waals surface area (Å²) >= 11 is 0. The van der Waals surface area contributed by atoms with Crippen LogP contribution in [0.1, 0.15) is 0 Å². The molecule has 0 aliphatic heterocycles. The molecular formula is C8H5N4O4-. The summed E-state index contributed by atoms with van der Waals surface area (Å²) in [7, 11) is 0. The molecule has 0 bridgehead atoms. The molecule has 1 heterocycles. The van der Waals surface area contributed by atoms with Gasteiger partial charge in [0.1, 0.15) is 5.52 Å². The maximum absolute atomic E-state index is 11.0. The summed E-state index contributed by atoms with van der Waals surface area (Å²) in [4.78, 5) is 9.82. The second-order valence-electron chi connectivity index (χ2n) is 2.99. The average molecular weight is 221 g/mol. The van der Waals surface area contributed by atoms with Crippen molar-refractivity contribution in [3.05, 3.63) is 51.0 Å². The van der Waals surface area contributed by atoms with E-state index in [0.717, 1.165) is 4.68 Å². The van der Waals surface area contributed by atoms with Crippen LogP contribution >= 0.6 is 0 Å². The fraction of sp³-hybridized carbons (Fsp3) is 0. The number of non-ortho nitro benzene ring substituents is 1. The van der Waals surface area contributed by atoms with Gasteiger partial charge in [-0.25, -0.2) is 0 Å². The van der Waals surface area contributed by atoms with E-state index in [9.17, 15) is 20.5 Å². The van der Waals surface area contributed by atoms with Gasteiger partial charge >= 0.3 is 0 Å². The van der Waals surface area contributed by atoms with Crippen LogP contribution in [0, 0.1) is 20.5 Å². The van der Waals surface area contributed by atoms with Crippen LogP contribution in [-0.4, -0.2) is 14.6 Å². The molecule has 0 amide bonds. The van der Waals surface area contributed by atoms with Gasteiger partial charge in [0.2, 0.25) is 0 Å². The highest BCUT2D eigenvalue weighted by molar-refractivity contribution is 5.82. The maximum Gasteiger partial charge on any atom is 0.270 e. The third-order valence-corrected chi connectivity index (χ3v) is 2.12. The maximum atomic E-state index is 11.0. The van der Waals surface area contributed by atoms with E-state index in [4.69, 9.17) is 0 Å². The molecule has 0 saturated heterocycles. The van der Waals surface area contributed by atoms with E-state index in [2.05, 4.69) is 5.28 Å². The van der Waals surface area contributed by atoms with Crippen LogP contribution in [0.4, 0.5) is 5.69 Å². The summed E-state index contributed by atoms with van der Waals surface area (Å²) in [6.45, 7) is 0. The summed E-state index contributed by atoms with van der Waals surface area (Å²) in [5.74, 6) is 0. The fourth-order valence-corrected chi connectivity index (χ4v) is 1.42. The van der Waals surface area contributed by atoms with E-state index in [-0.39, 0.29) is 10.7 Å². The first-order valence-electron chi connectivity index (χ1n) is 4.20. The molecule has 0 aliphatic rings. The third kappa shape index (κ3) is 1.41. The Labute approximate surface area is 88.3 Å². The first-order valence-corrected chi connectivity index (χ1v) is 4.20. The molecule has 0 spiro atoms. The van der Waals surface area contributed by atoms with Gasteiger partial charge in [0, 0.05) is 22.5 Å². The number of fused-ring (bicyclic) bond motifs is 1. The van der Waals surface area contributed by atoms with Crippen molar-refractivity contribution >= 4 is 16.6 Å². The van der Waals surface area contributed by atoms with Crippen molar-refractivity contribution < 1.29 is 9.89 Å². The van der Waals surface area contributed by atoms with Crippen LogP contribution in [0.2, 0.25) is 0 Å². The molecule has 1 aromatic carbocycles. The third-order valence-electron chi connectivity index (χ3n) is 2.12. The predicted octanol–water partition coefficient (Wildman–Crippen LogP) is 1.77. The van der Waals surface area contributed by atoms with Crippen molar-refractivity contribution in [2.45, 2.75) is 0 Å². The van der Waals surface area contributed by atoms with E-state index in [1.54, 1.807) is 0 Å². The monoisotopic (exact) mass is 221 g/mol. The molecule has 0 aliphatic carbocycles. The van der Waals surface area contributed by atoms with Crippen LogP contribution in [0.3, 0.4) is 0 Å². The van der Waals surface area contributed by atoms with Crippen molar-refractivity contribution in [3.8, 4) is 0 Å². The largest absolute Gasteiger partial charge is 0.737 e. The van der Waals surface area contributed by atoms with E-state index in [1.807, 2.05) is 0 Å². The van der Waals surface area contributed by atoms with Crippen LogP contribution in [0.5, 0.6) is 0 Å². The molecule has 8 heteroatoms. The lowest BCUT2D eigenvalue weighted by Crippen LogP contribution is -2.07. The number of hydrogen-bond acceptors (Lipinski definition) is 5. The quantitative estimate of drug-likeness (QED) is 0.333. The first-order chi connectivity index (χ1) is 7.63. The molecule has 2 aromatic rings. The molecule has 8 nitrogen and oxygen atoms in total. The van der Waals surface area contributed by atoms with E-state index in [1.165, 1.54) is 30.5 Å². The molecule has 0 atom stereocenters. The number of benzene rings is 1. The highest BCUT2D eigenvalue weighted by atomic mass is 16.6. The fourth-order valence-electron chi connectivity index (χ4n) is 1.42. The SMILES string of the molecule is O=[N+]([O-])c1ccc2c(ccn2/[N+]([O-])=N/[O-])c1. The molecule has 82 valence electrons. The van der Waals surface area contributed by atoms with Gasteiger partial charge < -0.3 is 10.4 Å². The number of nitro groups is 1. The number of hydrogen-bond donors (Lipinski definition) is 0. The molecule has 2 rings (SSSR count). The molecule has 0 saturated carbocycles. The Balaban J connectivity index is 2.63. The minimum atomic E-state index is -0.538. The normalized spacial score (nSPS) is 11.9. The van der Waals surface area contributed by atoms with E-state index in [0.29, 0.717) is 10.9 Å². The molecule has 16 heavy (non-hydrogen) atoms. The van der Waals surface area contributed by atoms with Gasteiger partial charge in [-0.15, -0.1) is 0 Å². The average Bonchev–Trinajstić information content (AvgIpc) is 2.70. The topological polar surface area (TPSA) is 110 Å². The number of nitro benzene ring substituents is 1. The summed E-state index contributed by atoms with van der Waals surface area (Å²) in [6.07, 6.45) is 1.31. The van der Waals surface area contributed by atoms with Crippen molar-refractivity contribution in [3.63, 3.8) is 0 Å². The standard InChI is InChI=1S/C8H6N4O4/c13-9-12(16)10-4-3-6-5-7(11(14)15)1-2-8(6)10/h1-5,13H/p-1/b12-9-. The summed E-state index contributed by atoms with van der Waals surface area (Å²) in [5, 5.41) is 34.2. The molecule has 1 aromatic heterocycles. The Morgan fingerprint density at radius 1 is 1.25 bits per heavy atom. The molecule has 0 unspecified atom stereocenters. The van der Waals surface area contributed by atoms with Crippen molar-refractivity contribution in [1.29, 1.82) is 0 Å². The predicted molar refractivity (Wildman–Crippen MR) is 53.4 cm³/mol. The van der Waals surface area contributed by atoms with Crippen molar-refractivity contribution in [2.24, 2.45) is 5.28 Å². The Hall–Kier alpha value is -2.64. The zero-order valence-electron chi connectivity index (χ0n) is 7.81. The van der Waals surface area contributed by atoms with Gasteiger partial charge in [0.15, 0.2) is 0 Å². The molecule has 0 N–H and O–H groups in total. The summed E-state index contributed by atoms with van der Waals surface area (Å²) in [6, 6.07) is 5.42. The lowest BCUT2D eigenvalue weighted by Gasteiger charge is -2.01. The highest BCUT2D eigenvalue weighted by Crippen LogP contribution is 2.21. The van der Waals surface area contributed by atoms with Crippen molar-refractivity contribution in [2.75, 3.05) is 0 Å². The van der Waals surface area contributed by atoms with E-state index >= 15 is 0 Å². The van der Waals surface area contributed by atoms with Crippen molar-refractivity contribution in [1.82, 2.24) is 4.68 Å². The molecule has 0 radical (unpaired) electrons. The van der Waals surface area contributed by atoms with Gasteiger partial charge in [-0.3, -0.25) is 10.1 Å². The van der Waals surface area contributed by atoms with Gasteiger partial charge in [-0.1, -0.05) is 4.68 Å². The lowest BCUT2D eigenvalue weighted by atomic mass is 10.2. The number of aromatic nitrogens is 1. The smallest absolute Gasteiger partial charge is 0.270 e. The lowest BCUT2D eigenvalue weighted by molar-refractivity contribution is -0.580. The van der Waals surface area contributed by atoms with Crippen LogP contribution in [0.25, 0.3) is 10.9 Å². The first kappa shape index (κ1) is 9.90. The number of rotatable bonds is 2. The summed E-state index contributed by atoms with van der Waals surface area (Å²) < 4.78 is 0.950. The Morgan fingerprint density at radius 3 is 2.62 bits per heavy atom. The highest BCUT2D eigenvalue weighted by Gasteiger charge is 2.11. The Bertz CT molecular complexity index is 589. The second-order valence-corrected chi connectivity index (χ2v) is 2.99. The number of nitrogens with zero attached hydrogens (tertiary/aromatic N) is 4. The molecule has 0 fully saturated rings. The minimum Gasteiger partial charge on any atom is -0.737 e. The zero-order valence-corrected chi connectivity index (χ0v) is 7.81. The van der Waals surface area contributed by atoms with Crippen LogP contribution < -0.4 is 0 Å². The second kappa shape index (κ2) is 3.50. The van der Waals surface area contributed by atoms with E-state index < -0.39 is 4.92 Å².